The van der Waals surface area contributed by atoms with Crippen LogP contribution >= 0.6 is 0 Å². The van der Waals surface area contributed by atoms with Crippen LogP contribution in [0.4, 0.5) is 4.79 Å². The van der Waals surface area contributed by atoms with Crippen molar-refractivity contribution in [1.29, 1.82) is 0 Å². The van der Waals surface area contributed by atoms with Crippen molar-refractivity contribution in [2.45, 2.75) is 0 Å². The number of hydrogen-bond donors (Lipinski definition) is 2. The fourth-order valence-corrected chi connectivity index (χ4v) is 0.945. The van der Waals surface area contributed by atoms with Crippen molar-refractivity contribution in [2.24, 2.45) is 0 Å². The summed E-state index contributed by atoms with van der Waals surface area (Å²) in [5.41, 5.74) is 4.84. The van der Waals surface area contributed by atoms with Crippen LogP contribution in [0, 0.1) is 0 Å². The predicted octanol–water partition coefficient (Wildman–Crippen LogP) is -1.49. The molecule has 1 saturated heterocycles. The Hall–Kier alpha value is -2.13. The Morgan fingerprint density at radius 3 is 2.59 bits per heavy atom. The van der Waals surface area contributed by atoms with Gasteiger partial charge in [0.15, 0.2) is 0 Å². The first-order valence-electron chi connectivity index (χ1n) is 4.53. The summed E-state index contributed by atoms with van der Waals surface area (Å²) in [6.07, 6.45) is 2.21. The largest absolute Gasteiger partial charge is 0.468 e. The molecule has 2 N–H and O–H groups in total. The third-order valence-corrected chi connectivity index (χ3v) is 1.82. The van der Waals surface area contributed by atoms with Crippen molar-refractivity contribution in [1.82, 2.24) is 21.1 Å². The van der Waals surface area contributed by atoms with Gasteiger partial charge in [-0.1, -0.05) is 0 Å². The number of nitrogens with one attached hydrogen (secondary N) is 2. The average molecular weight is 244 g/mol. The third-order valence-electron chi connectivity index (χ3n) is 1.82. The number of ether oxygens (including phenoxy) is 2. The Balaban J connectivity index is 2.52. The number of carbonyl (C=O) groups is 3. The number of esters is 2. The van der Waals surface area contributed by atoms with Crippen LogP contribution in [-0.2, 0) is 19.1 Å². The quantitative estimate of drug-likeness (QED) is 0.459. The van der Waals surface area contributed by atoms with Gasteiger partial charge < -0.3 is 9.47 Å². The van der Waals surface area contributed by atoms with Crippen molar-refractivity contribution in [3.63, 3.8) is 0 Å². The van der Waals surface area contributed by atoms with E-state index in [4.69, 9.17) is 0 Å². The van der Waals surface area contributed by atoms with Crippen molar-refractivity contribution < 1.29 is 23.9 Å². The zero-order valence-electron chi connectivity index (χ0n) is 9.30. The first kappa shape index (κ1) is 12.9. The molecule has 0 unspecified atom stereocenters. The van der Waals surface area contributed by atoms with E-state index in [0.29, 0.717) is 0 Å². The van der Waals surface area contributed by atoms with E-state index in [-0.39, 0.29) is 6.54 Å². The summed E-state index contributed by atoms with van der Waals surface area (Å²) < 4.78 is 8.75. The summed E-state index contributed by atoms with van der Waals surface area (Å²) in [4.78, 5) is 33.3. The standard InChI is InChI=1S/C8H12N4O5/c1-16-6(13)3-4-11-8(15)12(10-9-11)5-7(14)17-2/h3-4,9-10H,5H2,1-2H3/b4-3+. The van der Waals surface area contributed by atoms with Gasteiger partial charge in [-0.05, 0) is 0 Å². The van der Waals surface area contributed by atoms with Crippen LogP contribution in [0.3, 0.4) is 0 Å². The highest BCUT2D eigenvalue weighted by molar-refractivity contribution is 5.84. The molecule has 0 bridgehead atoms. The summed E-state index contributed by atoms with van der Waals surface area (Å²) in [5.74, 6) is -1.18. The topological polar surface area (TPSA) is 100 Å². The second-order valence-corrected chi connectivity index (χ2v) is 2.88. The lowest BCUT2D eigenvalue weighted by Gasteiger charge is -2.11. The maximum absolute atomic E-state index is 11.6. The molecule has 0 aromatic rings. The Labute approximate surface area is 96.8 Å². The fourth-order valence-electron chi connectivity index (χ4n) is 0.945. The highest BCUT2D eigenvalue weighted by Crippen LogP contribution is 2.00. The van der Waals surface area contributed by atoms with Gasteiger partial charge in [0.1, 0.15) is 6.54 Å². The fraction of sp³-hybridized carbons (Fsp3) is 0.375. The highest BCUT2D eigenvalue weighted by atomic mass is 16.5. The van der Waals surface area contributed by atoms with Crippen molar-refractivity contribution >= 4 is 18.0 Å². The van der Waals surface area contributed by atoms with Gasteiger partial charge in [-0.2, -0.15) is 0 Å². The lowest BCUT2D eigenvalue weighted by molar-refractivity contribution is -0.141. The molecule has 1 fully saturated rings. The molecule has 0 aromatic carbocycles. The van der Waals surface area contributed by atoms with Crippen LogP contribution in [-0.4, -0.2) is 48.8 Å². The zero-order chi connectivity index (χ0) is 12.8. The number of nitrogens with zero attached hydrogens (tertiary/aromatic N) is 2. The molecule has 1 aliphatic heterocycles. The number of rotatable bonds is 4. The third kappa shape index (κ3) is 3.43. The molecule has 9 heteroatoms. The molecule has 2 amide bonds. The second-order valence-electron chi connectivity index (χ2n) is 2.88. The monoisotopic (exact) mass is 244 g/mol. The van der Waals surface area contributed by atoms with Gasteiger partial charge in [0.05, 0.1) is 14.2 Å². The number of hydrogen-bond acceptors (Lipinski definition) is 7. The van der Waals surface area contributed by atoms with Crippen LogP contribution in [0.1, 0.15) is 0 Å². The number of carbonyl (C=O) groups excluding carboxylic acids is 3. The average Bonchev–Trinajstić information content (AvgIpc) is 2.67. The summed E-state index contributed by atoms with van der Waals surface area (Å²) in [7, 11) is 2.43. The Morgan fingerprint density at radius 2 is 2.00 bits per heavy atom. The minimum absolute atomic E-state index is 0.259. The molecular weight excluding hydrogens is 232 g/mol. The van der Waals surface area contributed by atoms with Gasteiger partial charge in [0, 0.05) is 12.3 Å². The van der Waals surface area contributed by atoms with Gasteiger partial charge >= 0.3 is 18.0 Å². The minimum Gasteiger partial charge on any atom is -0.468 e. The highest BCUT2D eigenvalue weighted by Gasteiger charge is 2.28. The Bertz CT molecular complexity index is 356. The molecule has 1 aliphatic rings. The molecule has 0 aliphatic carbocycles. The molecule has 1 rings (SSSR count). The van der Waals surface area contributed by atoms with E-state index in [1.54, 1.807) is 0 Å². The van der Waals surface area contributed by atoms with Crippen LogP contribution in [0.25, 0.3) is 0 Å². The molecule has 94 valence electrons. The van der Waals surface area contributed by atoms with E-state index in [1.165, 1.54) is 20.4 Å². The molecule has 0 atom stereocenters. The molecule has 0 aromatic heterocycles. The Morgan fingerprint density at radius 1 is 1.29 bits per heavy atom. The van der Waals surface area contributed by atoms with Gasteiger partial charge in [-0.25, -0.2) is 19.6 Å². The van der Waals surface area contributed by atoms with Gasteiger partial charge in [-0.3, -0.25) is 4.79 Å². The predicted molar refractivity (Wildman–Crippen MR) is 53.4 cm³/mol. The normalized spacial score (nSPS) is 15.5. The van der Waals surface area contributed by atoms with Crippen LogP contribution < -0.4 is 11.1 Å². The van der Waals surface area contributed by atoms with E-state index in [1.807, 2.05) is 0 Å². The van der Waals surface area contributed by atoms with Crippen LogP contribution in [0.5, 0.6) is 0 Å². The zero-order valence-corrected chi connectivity index (χ0v) is 9.30. The SMILES string of the molecule is COC(=O)/C=C/N1NNN(CC(=O)OC)C1=O. The summed E-state index contributed by atoms with van der Waals surface area (Å²) in [5, 5.41) is 1.95. The van der Waals surface area contributed by atoms with Crippen molar-refractivity contribution in [3.05, 3.63) is 12.3 Å². The molecule has 0 saturated carbocycles. The molecule has 0 radical (unpaired) electrons. The van der Waals surface area contributed by atoms with E-state index in [9.17, 15) is 14.4 Å². The molecule has 9 nitrogen and oxygen atoms in total. The van der Waals surface area contributed by atoms with Crippen LogP contribution in [0.2, 0.25) is 0 Å². The smallest absolute Gasteiger partial charge is 0.355 e. The number of amides is 2. The van der Waals surface area contributed by atoms with Gasteiger partial charge in [0.25, 0.3) is 0 Å². The first-order valence-corrected chi connectivity index (χ1v) is 4.53. The minimum atomic E-state index is -0.606. The van der Waals surface area contributed by atoms with E-state index >= 15 is 0 Å². The van der Waals surface area contributed by atoms with Gasteiger partial charge in [0.2, 0.25) is 0 Å². The molecule has 17 heavy (non-hydrogen) atoms. The number of methoxy groups -OCH3 is 2. The van der Waals surface area contributed by atoms with Gasteiger partial charge in [-0.15, -0.1) is 11.1 Å². The lowest BCUT2D eigenvalue weighted by Crippen LogP contribution is -2.41. The van der Waals surface area contributed by atoms with Crippen molar-refractivity contribution in [3.8, 4) is 0 Å². The number of urea groups is 1. The van der Waals surface area contributed by atoms with E-state index < -0.39 is 18.0 Å². The summed E-state index contributed by atoms with van der Waals surface area (Å²) in [6, 6.07) is -0.560. The van der Waals surface area contributed by atoms with E-state index in [2.05, 4.69) is 20.5 Å². The maximum atomic E-state index is 11.6. The molecule has 0 spiro atoms. The molecular formula is C8H12N4O5. The van der Waals surface area contributed by atoms with Crippen LogP contribution in [0.15, 0.2) is 12.3 Å². The lowest BCUT2D eigenvalue weighted by atomic mass is 10.6. The van der Waals surface area contributed by atoms with E-state index in [0.717, 1.165) is 16.1 Å². The maximum Gasteiger partial charge on any atom is 0.355 e. The number of hydrazine groups is 3. The summed E-state index contributed by atoms with van der Waals surface area (Å²) >= 11 is 0. The Kier molecular flexibility index (Phi) is 4.43. The van der Waals surface area contributed by atoms with Crippen molar-refractivity contribution in [2.75, 3.05) is 20.8 Å². The second kappa shape index (κ2) is 5.82. The molecule has 1 heterocycles. The summed E-state index contributed by atoms with van der Waals surface area (Å²) in [6.45, 7) is -0.259. The first-order chi connectivity index (χ1) is 8.08.